The van der Waals surface area contributed by atoms with Gasteiger partial charge in [-0.15, -0.1) is 11.3 Å². The third-order valence-corrected chi connectivity index (χ3v) is 5.79. The van der Waals surface area contributed by atoms with Crippen molar-refractivity contribution < 1.29 is 8.42 Å². The van der Waals surface area contributed by atoms with Crippen molar-refractivity contribution in [1.82, 2.24) is 10.3 Å². The van der Waals surface area contributed by atoms with Gasteiger partial charge in [0.25, 0.3) is 0 Å². The summed E-state index contributed by atoms with van der Waals surface area (Å²) in [6, 6.07) is 0. The molecule has 0 atom stereocenters. The van der Waals surface area contributed by atoms with E-state index >= 15 is 0 Å². The van der Waals surface area contributed by atoms with E-state index in [9.17, 15) is 8.42 Å². The van der Waals surface area contributed by atoms with Crippen LogP contribution in [0.5, 0.6) is 0 Å². The molecule has 6 heteroatoms. The van der Waals surface area contributed by atoms with E-state index in [4.69, 9.17) is 0 Å². The zero-order valence-corrected chi connectivity index (χ0v) is 13.1. The molecule has 4 nitrogen and oxygen atoms in total. The van der Waals surface area contributed by atoms with Gasteiger partial charge in [-0.05, 0) is 26.3 Å². The summed E-state index contributed by atoms with van der Waals surface area (Å²) in [5.41, 5.74) is 0. The van der Waals surface area contributed by atoms with Crippen LogP contribution < -0.4 is 5.32 Å². The van der Waals surface area contributed by atoms with Gasteiger partial charge in [0.05, 0.1) is 5.25 Å². The molecule has 0 amide bonds. The first-order chi connectivity index (χ1) is 8.31. The van der Waals surface area contributed by atoms with Crippen LogP contribution in [0.4, 0.5) is 0 Å². The minimum absolute atomic E-state index is 0.0551. The topological polar surface area (TPSA) is 59.1 Å². The molecule has 0 spiro atoms. The van der Waals surface area contributed by atoms with E-state index in [-0.39, 0.29) is 11.0 Å². The molecule has 0 saturated heterocycles. The summed E-state index contributed by atoms with van der Waals surface area (Å²) in [4.78, 5) is 5.27. The quantitative estimate of drug-likeness (QED) is 0.836. The molecule has 0 aromatic carbocycles. The number of nitrogens with zero attached hydrogens (tertiary/aromatic N) is 1. The smallest absolute Gasteiger partial charge is 0.159 e. The van der Waals surface area contributed by atoms with Crippen molar-refractivity contribution in [2.45, 2.75) is 45.2 Å². The number of hydrogen-bond acceptors (Lipinski definition) is 5. The zero-order chi connectivity index (χ0) is 13.8. The van der Waals surface area contributed by atoms with Crippen LogP contribution in [0.15, 0.2) is 6.20 Å². The molecule has 104 valence electrons. The first kappa shape index (κ1) is 15.6. The van der Waals surface area contributed by atoms with Crippen molar-refractivity contribution in [2.75, 3.05) is 6.54 Å². The van der Waals surface area contributed by atoms with E-state index in [0.717, 1.165) is 18.0 Å². The molecule has 0 unspecified atom stereocenters. The highest BCUT2D eigenvalue weighted by atomic mass is 32.2. The summed E-state index contributed by atoms with van der Waals surface area (Å²) in [7, 11) is -3.04. The normalized spacial score (nSPS) is 12.6. The SMILES string of the molecule is CC(C)CNCc1cnc(CS(=O)(=O)C(C)C)s1. The minimum atomic E-state index is -3.04. The van der Waals surface area contributed by atoms with Crippen molar-refractivity contribution in [3.8, 4) is 0 Å². The van der Waals surface area contributed by atoms with Gasteiger partial charge >= 0.3 is 0 Å². The Hall–Kier alpha value is -0.460. The number of thiazole rings is 1. The number of sulfone groups is 1. The number of hydrogen-bond donors (Lipinski definition) is 1. The van der Waals surface area contributed by atoms with Gasteiger partial charge in [0.1, 0.15) is 10.8 Å². The van der Waals surface area contributed by atoms with Crippen LogP contribution in [0.1, 0.15) is 37.6 Å². The molecule has 0 fully saturated rings. The third kappa shape index (κ3) is 5.04. The molecular weight excluding hydrogens is 268 g/mol. The fraction of sp³-hybridized carbons (Fsp3) is 0.750. The number of nitrogens with one attached hydrogen (secondary N) is 1. The van der Waals surface area contributed by atoms with Crippen LogP contribution in [0.3, 0.4) is 0 Å². The molecule has 1 heterocycles. The molecule has 0 radical (unpaired) electrons. The second-order valence-electron chi connectivity index (χ2n) is 5.10. The minimum Gasteiger partial charge on any atom is -0.312 e. The Labute approximate surface area is 114 Å². The van der Waals surface area contributed by atoms with Gasteiger partial charge in [0, 0.05) is 17.6 Å². The predicted molar refractivity (Wildman–Crippen MR) is 76.4 cm³/mol. The highest BCUT2D eigenvalue weighted by Crippen LogP contribution is 2.17. The Morgan fingerprint density at radius 2 is 2.00 bits per heavy atom. The van der Waals surface area contributed by atoms with E-state index < -0.39 is 9.84 Å². The molecule has 1 N–H and O–H groups in total. The fourth-order valence-electron chi connectivity index (χ4n) is 1.32. The van der Waals surface area contributed by atoms with E-state index in [1.807, 2.05) is 0 Å². The monoisotopic (exact) mass is 290 g/mol. The second-order valence-corrected chi connectivity index (χ2v) is 8.86. The molecule has 0 bridgehead atoms. The van der Waals surface area contributed by atoms with Crippen LogP contribution in [0.2, 0.25) is 0 Å². The molecule has 0 aliphatic rings. The third-order valence-electron chi connectivity index (χ3n) is 2.50. The van der Waals surface area contributed by atoms with Gasteiger partial charge in [0.15, 0.2) is 9.84 Å². The first-order valence-electron chi connectivity index (χ1n) is 6.17. The van der Waals surface area contributed by atoms with Crippen LogP contribution in [0.25, 0.3) is 0 Å². The predicted octanol–water partition coefficient (Wildman–Crippen LogP) is 2.21. The molecular formula is C12H22N2O2S2. The maximum absolute atomic E-state index is 11.8. The average Bonchev–Trinajstić information content (AvgIpc) is 2.64. The average molecular weight is 290 g/mol. The van der Waals surface area contributed by atoms with E-state index in [1.54, 1.807) is 20.0 Å². The van der Waals surface area contributed by atoms with Gasteiger partial charge in [-0.2, -0.15) is 0 Å². The maximum Gasteiger partial charge on any atom is 0.159 e. The summed E-state index contributed by atoms with van der Waals surface area (Å²) < 4.78 is 23.5. The Kier molecular flexibility index (Phi) is 5.75. The van der Waals surface area contributed by atoms with E-state index in [0.29, 0.717) is 10.9 Å². The molecule has 1 aromatic rings. The molecule has 1 rings (SSSR count). The molecule has 0 aliphatic carbocycles. The lowest BCUT2D eigenvalue weighted by Crippen LogP contribution is -2.18. The summed E-state index contributed by atoms with van der Waals surface area (Å²) in [6.45, 7) is 9.43. The van der Waals surface area contributed by atoms with Crippen molar-refractivity contribution in [3.63, 3.8) is 0 Å². The van der Waals surface area contributed by atoms with Crippen molar-refractivity contribution in [3.05, 3.63) is 16.1 Å². The molecule has 0 saturated carbocycles. The first-order valence-corrected chi connectivity index (χ1v) is 8.70. The van der Waals surface area contributed by atoms with Crippen LogP contribution in [0, 0.1) is 5.92 Å². The maximum atomic E-state index is 11.8. The highest BCUT2D eigenvalue weighted by molar-refractivity contribution is 7.91. The molecule has 1 aromatic heterocycles. The van der Waals surface area contributed by atoms with Gasteiger partial charge in [-0.25, -0.2) is 13.4 Å². The standard InChI is InChI=1S/C12H22N2O2S2/c1-9(2)5-13-6-11-7-14-12(17-11)8-18(15,16)10(3)4/h7,9-10,13H,5-6,8H2,1-4H3. The second kappa shape index (κ2) is 6.63. The fourth-order valence-corrected chi connectivity index (χ4v) is 3.49. The summed E-state index contributed by atoms with van der Waals surface area (Å²) in [6.07, 6.45) is 1.77. The summed E-state index contributed by atoms with van der Waals surface area (Å²) in [5, 5.41) is 3.66. The van der Waals surface area contributed by atoms with E-state index in [2.05, 4.69) is 24.1 Å². The highest BCUT2D eigenvalue weighted by Gasteiger charge is 2.18. The molecule has 0 aliphatic heterocycles. The Balaban J connectivity index is 2.54. The van der Waals surface area contributed by atoms with Crippen molar-refractivity contribution in [2.24, 2.45) is 5.92 Å². The lowest BCUT2D eigenvalue weighted by atomic mass is 10.2. The number of rotatable bonds is 7. The van der Waals surface area contributed by atoms with Crippen molar-refractivity contribution >= 4 is 21.2 Å². The van der Waals surface area contributed by atoms with Gasteiger partial charge < -0.3 is 5.32 Å². The van der Waals surface area contributed by atoms with Crippen molar-refractivity contribution in [1.29, 1.82) is 0 Å². The lowest BCUT2D eigenvalue weighted by Gasteiger charge is -2.05. The Bertz CT molecular complexity index is 464. The van der Waals surface area contributed by atoms with E-state index in [1.165, 1.54) is 11.3 Å². The largest absolute Gasteiger partial charge is 0.312 e. The van der Waals surface area contributed by atoms with Crippen LogP contribution >= 0.6 is 11.3 Å². The van der Waals surface area contributed by atoms with Gasteiger partial charge in [-0.1, -0.05) is 13.8 Å². The number of aromatic nitrogens is 1. The van der Waals surface area contributed by atoms with Gasteiger partial charge in [0.2, 0.25) is 0 Å². The zero-order valence-electron chi connectivity index (χ0n) is 11.4. The summed E-state index contributed by atoms with van der Waals surface area (Å²) >= 11 is 1.48. The van der Waals surface area contributed by atoms with Crippen LogP contribution in [-0.4, -0.2) is 25.2 Å². The lowest BCUT2D eigenvalue weighted by molar-refractivity contribution is 0.554. The Morgan fingerprint density at radius 1 is 1.33 bits per heavy atom. The van der Waals surface area contributed by atoms with Gasteiger partial charge in [-0.3, -0.25) is 0 Å². The molecule has 18 heavy (non-hydrogen) atoms. The summed E-state index contributed by atoms with van der Waals surface area (Å²) in [5.74, 6) is 0.665. The Morgan fingerprint density at radius 3 is 2.56 bits per heavy atom. The van der Waals surface area contributed by atoms with Crippen LogP contribution in [-0.2, 0) is 22.1 Å².